The zero-order valence-corrected chi connectivity index (χ0v) is 31.1. The van der Waals surface area contributed by atoms with Crippen LogP contribution in [0.1, 0.15) is 75.6 Å². The second kappa shape index (κ2) is 15.7. The van der Waals surface area contributed by atoms with Gasteiger partial charge in [0.05, 0.1) is 26.7 Å². The lowest BCUT2D eigenvalue weighted by Crippen LogP contribution is -2.35. The van der Waals surface area contributed by atoms with Crippen LogP contribution in [0.25, 0.3) is 11.0 Å². The highest BCUT2D eigenvalue weighted by atomic mass is 32.2. The van der Waals surface area contributed by atoms with Crippen molar-refractivity contribution in [2.24, 2.45) is 7.05 Å². The molecule has 0 aliphatic carbocycles. The summed E-state index contributed by atoms with van der Waals surface area (Å²) in [7, 11) is -0.579. The molecule has 0 unspecified atom stereocenters. The van der Waals surface area contributed by atoms with E-state index in [9.17, 15) is 18.0 Å². The van der Waals surface area contributed by atoms with E-state index in [1.54, 1.807) is 64.7 Å². The van der Waals surface area contributed by atoms with Crippen LogP contribution in [0.4, 0.5) is 4.79 Å². The number of sulfonamides is 1. The number of hydrogen-bond donors (Lipinski definition) is 1. The maximum Gasteiger partial charge on any atom is 0.407 e. The first-order valence-electron chi connectivity index (χ1n) is 17.1. The van der Waals surface area contributed by atoms with Crippen molar-refractivity contribution in [3.05, 3.63) is 76.9 Å². The van der Waals surface area contributed by atoms with Crippen LogP contribution in [-0.2, 0) is 44.3 Å². The molecule has 0 bridgehead atoms. The van der Waals surface area contributed by atoms with Gasteiger partial charge in [-0.1, -0.05) is 35.5 Å². The highest BCUT2D eigenvalue weighted by molar-refractivity contribution is 7.89. The van der Waals surface area contributed by atoms with Crippen molar-refractivity contribution in [2.45, 2.75) is 82.9 Å². The van der Waals surface area contributed by atoms with Gasteiger partial charge in [0.15, 0.2) is 0 Å². The Morgan fingerprint density at radius 2 is 1.86 bits per heavy atom. The fourth-order valence-corrected chi connectivity index (χ4v) is 7.80. The minimum Gasteiger partial charge on any atom is -0.494 e. The molecular formula is C37H47N5O8S. The summed E-state index contributed by atoms with van der Waals surface area (Å²) in [6.45, 7) is 9.93. The van der Waals surface area contributed by atoms with E-state index in [0.717, 1.165) is 27.8 Å². The van der Waals surface area contributed by atoms with Crippen molar-refractivity contribution in [2.75, 3.05) is 26.8 Å². The average Bonchev–Trinajstić information content (AvgIpc) is 3.40. The standard InChI is InChI=1S/C37H47N5O8S/c1-8-48-34(43)21-29(28-19-30-35(32(20-28)47-7)41(6)40-39-30)27-13-9-11-26(17-27)23-42-22-24(2)49-31-18-25(14-15-33(31)51(42,45)46)12-10-16-38-36(44)50-37(3,4)5/h9,11,13-15,17-20,24,29H,8,10,12,16,21-23H2,1-7H3,(H,38,44)/t24-,29+/m1/s1. The summed E-state index contributed by atoms with van der Waals surface area (Å²) in [6.07, 6.45) is 0.415. The summed E-state index contributed by atoms with van der Waals surface area (Å²) in [4.78, 5) is 24.9. The molecule has 1 N–H and O–H groups in total. The normalized spacial score (nSPS) is 16.4. The summed E-state index contributed by atoms with van der Waals surface area (Å²) < 4.78 is 53.7. The number of benzene rings is 3. The van der Waals surface area contributed by atoms with Gasteiger partial charge in [-0.2, -0.15) is 4.31 Å². The Balaban J connectivity index is 1.37. The van der Waals surface area contributed by atoms with Crippen LogP contribution in [0.5, 0.6) is 11.5 Å². The summed E-state index contributed by atoms with van der Waals surface area (Å²) >= 11 is 0. The molecule has 51 heavy (non-hydrogen) atoms. The number of alkyl carbamates (subject to hydrolysis) is 1. The molecule has 4 aromatic rings. The quantitative estimate of drug-likeness (QED) is 0.147. The molecule has 13 nitrogen and oxygen atoms in total. The molecule has 0 radical (unpaired) electrons. The second-order valence-corrected chi connectivity index (χ2v) is 15.6. The highest BCUT2D eigenvalue weighted by Gasteiger charge is 2.34. The van der Waals surface area contributed by atoms with E-state index in [1.165, 1.54) is 4.31 Å². The van der Waals surface area contributed by atoms with E-state index in [4.69, 9.17) is 18.9 Å². The van der Waals surface area contributed by atoms with E-state index in [2.05, 4.69) is 15.6 Å². The lowest BCUT2D eigenvalue weighted by molar-refractivity contribution is -0.143. The minimum atomic E-state index is -3.94. The fourth-order valence-electron chi connectivity index (χ4n) is 6.20. The molecule has 274 valence electrons. The lowest BCUT2D eigenvalue weighted by Gasteiger charge is -2.23. The van der Waals surface area contributed by atoms with Crippen LogP contribution in [0.3, 0.4) is 0 Å². The minimum absolute atomic E-state index is 0.0614. The topological polar surface area (TPSA) is 151 Å². The third-order valence-electron chi connectivity index (χ3n) is 8.42. The van der Waals surface area contributed by atoms with Gasteiger partial charge in [0, 0.05) is 26.1 Å². The van der Waals surface area contributed by atoms with E-state index >= 15 is 0 Å². The third-order valence-corrected chi connectivity index (χ3v) is 10.3. The van der Waals surface area contributed by atoms with Crippen molar-refractivity contribution < 1.29 is 37.0 Å². The van der Waals surface area contributed by atoms with Gasteiger partial charge in [0.1, 0.15) is 39.1 Å². The van der Waals surface area contributed by atoms with Gasteiger partial charge in [-0.05, 0) is 94.0 Å². The molecule has 0 spiro atoms. The second-order valence-electron chi connectivity index (χ2n) is 13.7. The van der Waals surface area contributed by atoms with Crippen molar-refractivity contribution >= 4 is 33.1 Å². The van der Waals surface area contributed by atoms with Gasteiger partial charge in [-0.3, -0.25) is 4.79 Å². The van der Waals surface area contributed by atoms with Crippen LogP contribution in [0, 0.1) is 0 Å². The molecule has 1 aliphatic rings. The van der Waals surface area contributed by atoms with Crippen molar-refractivity contribution in [3.8, 4) is 11.5 Å². The van der Waals surface area contributed by atoms with E-state index < -0.39 is 33.7 Å². The molecule has 14 heteroatoms. The number of hydrogen-bond acceptors (Lipinski definition) is 10. The smallest absolute Gasteiger partial charge is 0.407 e. The van der Waals surface area contributed by atoms with Gasteiger partial charge in [-0.25, -0.2) is 17.9 Å². The van der Waals surface area contributed by atoms with Gasteiger partial charge >= 0.3 is 12.1 Å². The molecule has 1 amide bonds. The monoisotopic (exact) mass is 721 g/mol. The number of carbonyl (C=O) groups is 2. The number of aryl methyl sites for hydroxylation is 2. The summed E-state index contributed by atoms with van der Waals surface area (Å²) in [5.74, 6) is 0.0939. The van der Waals surface area contributed by atoms with E-state index in [1.807, 2.05) is 43.3 Å². The number of methoxy groups -OCH3 is 1. The number of amides is 1. The Morgan fingerprint density at radius 1 is 1.08 bits per heavy atom. The summed E-state index contributed by atoms with van der Waals surface area (Å²) in [5, 5.41) is 11.2. The highest BCUT2D eigenvalue weighted by Crippen LogP contribution is 2.37. The maximum atomic E-state index is 14.1. The maximum absolute atomic E-state index is 14.1. The van der Waals surface area contributed by atoms with E-state index in [0.29, 0.717) is 36.4 Å². The first kappa shape index (κ1) is 37.6. The Kier molecular flexibility index (Phi) is 11.6. The van der Waals surface area contributed by atoms with Crippen molar-refractivity contribution in [1.82, 2.24) is 24.6 Å². The van der Waals surface area contributed by atoms with Crippen LogP contribution in [0.15, 0.2) is 59.5 Å². The fraction of sp³-hybridized carbons (Fsp3) is 0.459. The van der Waals surface area contributed by atoms with Gasteiger partial charge in [0.25, 0.3) is 0 Å². The number of carbonyl (C=O) groups excluding carboxylic acids is 2. The Bertz CT molecular complexity index is 1990. The SMILES string of the molecule is CCOC(=O)C[C@@H](c1cccc(CN2C[C@@H](C)Oc3cc(CCCNC(=O)OC(C)(C)C)ccc3S2(=O)=O)c1)c1cc(OC)c2c(c1)nnn2C. The zero-order chi connectivity index (χ0) is 36.9. The number of aromatic nitrogens is 3. The summed E-state index contributed by atoms with van der Waals surface area (Å²) in [5.41, 5.74) is 4.03. The molecule has 1 aromatic heterocycles. The molecule has 1 aliphatic heterocycles. The largest absolute Gasteiger partial charge is 0.494 e. The van der Waals surface area contributed by atoms with Gasteiger partial charge < -0.3 is 24.3 Å². The van der Waals surface area contributed by atoms with Crippen LogP contribution in [-0.4, -0.2) is 78.3 Å². The lowest BCUT2D eigenvalue weighted by atomic mass is 9.87. The average molecular weight is 722 g/mol. The van der Waals surface area contributed by atoms with E-state index in [-0.39, 0.29) is 37.0 Å². The van der Waals surface area contributed by atoms with Crippen LogP contribution >= 0.6 is 0 Å². The number of ether oxygens (including phenoxy) is 4. The molecule has 0 fully saturated rings. The first-order chi connectivity index (χ1) is 24.2. The van der Waals surface area contributed by atoms with Crippen molar-refractivity contribution in [1.29, 1.82) is 0 Å². The summed E-state index contributed by atoms with van der Waals surface area (Å²) in [6, 6.07) is 16.5. The molecular weight excluding hydrogens is 675 g/mol. The number of esters is 1. The van der Waals surface area contributed by atoms with Gasteiger partial charge in [-0.15, -0.1) is 5.10 Å². The van der Waals surface area contributed by atoms with Gasteiger partial charge in [0.2, 0.25) is 10.0 Å². The molecule has 5 rings (SSSR count). The number of fused-ring (bicyclic) bond motifs is 2. The molecule has 0 saturated heterocycles. The number of rotatable bonds is 12. The Labute approximate surface area is 299 Å². The molecule has 2 atom stereocenters. The number of nitrogens with zero attached hydrogens (tertiary/aromatic N) is 4. The van der Waals surface area contributed by atoms with Crippen molar-refractivity contribution in [3.63, 3.8) is 0 Å². The Morgan fingerprint density at radius 3 is 2.59 bits per heavy atom. The first-order valence-corrected chi connectivity index (χ1v) is 18.5. The third kappa shape index (κ3) is 9.16. The van der Waals surface area contributed by atoms with Crippen LogP contribution in [0.2, 0.25) is 0 Å². The predicted octanol–water partition coefficient (Wildman–Crippen LogP) is 5.49. The predicted molar refractivity (Wildman–Crippen MR) is 191 cm³/mol. The molecule has 3 aromatic carbocycles. The van der Waals surface area contributed by atoms with Crippen LogP contribution < -0.4 is 14.8 Å². The number of nitrogens with one attached hydrogen (secondary N) is 1. The molecule has 2 heterocycles. The Hall–Kier alpha value is -4.69. The zero-order valence-electron chi connectivity index (χ0n) is 30.3. The molecule has 0 saturated carbocycles.